The number of carbonyl (C=O) groups excluding carboxylic acids is 2. The van der Waals surface area contributed by atoms with E-state index >= 15 is 0 Å². The molecule has 3 N–H and O–H groups in total. The molecule has 1 aliphatic carbocycles. The van der Waals surface area contributed by atoms with Gasteiger partial charge in [-0.3, -0.25) is 9.59 Å². The number of nitrogens with zero attached hydrogens (tertiary/aromatic N) is 1. The number of hydrogen-bond acceptors (Lipinski definition) is 4. The quantitative estimate of drug-likeness (QED) is 0.799. The predicted octanol–water partition coefficient (Wildman–Crippen LogP) is 2.00. The van der Waals surface area contributed by atoms with Gasteiger partial charge >= 0.3 is 0 Å². The van der Waals surface area contributed by atoms with E-state index in [-0.39, 0.29) is 30.4 Å². The van der Waals surface area contributed by atoms with Crippen molar-refractivity contribution in [1.82, 2.24) is 4.90 Å². The standard InChI is InChI=1S/C18H27N3O3/c1-3-21(4-2)17(22)12-24-16-7-5-6-15(11-16)20-18(23)13-8-9-14(19)10-13/h5-7,11,13-14H,3-4,8-10,12,19H2,1-2H3,(H,20,23). The van der Waals surface area contributed by atoms with Crippen LogP contribution in [0, 0.1) is 5.92 Å². The number of rotatable bonds is 7. The van der Waals surface area contributed by atoms with Crippen LogP contribution in [0.2, 0.25) is 0 Å². The average molecular weight is 333 g/mol. The van der Waals surface area contributed by atoms with Crippen LogP contribution in [-0.4, -0.2) is 42.5 Å². The molecule has 132 valence electrons. The van der Waals surface area contributed by atoms with Crippen molar-refractivity contribution in [3.63, 3.8) is 0 Å². The van der Waals surface area contributed by atoms with Gasteiger partial charge in [0.15, 0.2) is 6.61 Å². The molecule has 0 saturated heterocycles. The first-order valence-electron chi connectivity index (χ1n) is 8.60. The molecule has 2 unspecified atom stereocenters. The molecular formula is C18H27N3O3. The van der Waals surface area contributed by atoms with E-state index in [9.17, 15) is 9.59 Å². The van der Waals surface area contributed by atoms with Gasteiger partial charge in [-0.15, -0.1) is 0 Å². The fourth-order valence-corrected chi connectivity index (χ4v) is 2.98. The van der Waals surface area contributed by atoms with Crippen molar-refractivity contribution >= 4 is 17.5 Å². The highest BCUT2D eigenvalue weighted by Gasteiger charge is 2.27. The minimum Gasteiger partial charge on any atom is -0.484 e. The van der Waals surface area contributed by atoms with Crippen LogP contribution in [0.1, 0.15) is 33.1 Å². The van der Waals surface area contributed by atoms with Crippen LogP contribution < -0.4 is 15.8 Å². The summed E-state index contributed by atoms with van der Waals surface area (Å²) in [7, 11) is 0. The number of nitrogens with one attached hydrogen (secondary N) is 1. The van der Waals surface area contributed by atoms with Crippen LogP contribution in [0.3, 0.4) is 0 Å². The van der Waals surface area contributed by atoms with Crippen molar-refractivity contribution in [2.45, 2.75) is 39.2 Å². The number of nitrogens with two attached hydrogens (primary N) is 1. The summed E-state index contributed by atoms with van der Waals surface area (Å²) in [6.07, 6.45) is 2.47. The summed E-state index contributed by atoms with van der Waals surface area (Å²) in [6, 6.07) is 7.25. The van der Waals surface area contributed by atoms with Crippen LogP contribution in [0.5, 0.6) is 5.75 Å². The summed E-state index contributed by atoms with van der Waals surface area (Å²) in [5, 5.41) is 2.91. The topological polar surface area (TPSA) is 84.7 Å². The molecular weight excluding hydrogens is 306 g/mol. The lowest BCUT2D eigenvalue weighted by atomic mass is 10.1. The van der Waals surface area contributed by atoms with E-state index in [2.05, 4.69) is 5.32 Å². The second kappa shape index (κ2) is 8.68. The normalized spacial score (nSPS) is 19.8. The summed E-state index contributed by atoms with van der Waals surface area (Å²) >= 11 is 0. The van der Waals surface area contributed by atoms with Gasteiger partial charge in [-0.05, 0) is 45.2 Å². The summed E-state index contributed by atoms with van der Waals surface area (Å²) < 4.78 is 5.55. The second-order valence-corrected chi connectivity index (χ2v) is 6.14. The van der Waals surface area contributed by atoms with E-state index in [1.165, 1.54) is 0 Å². The SMILES string of the molecule is CCN(CC)C(=O)COc1cccc(NC(=O)C2CCC(N)C2)c1. The van der Waals surface area contributed by atoms with Crippen molar-refractivity contribution in [2.24, 2.45) is 11.7 Å². The number of carbonyl (C=O) groups is 2. The Balaban J connectivity index is 1.89. The minimum absolute atomic E-state index is 0.000632. The van der Waals surface area contributed by atoms with Gasteiger partial charge in [0.05, 0.1) is 0 Å². The zero-order valence-electron chi connectivity index (χ0n) is 14.5. The number of benzene rings is 1. The first-order valence-corrected chi connectivity index (χ1v) is 8.60. The van der Waals surface area contributed by atoms with Gasteiger partial charge in [0, 0.05) is 36.8 Å². The monoisotopic (exact) mass is 333 g/mol. The van der Waals surface area contributed by atoms with E-state index in [0.717, 1.165) is 19.3 Å². The zero-order valence-corrected chi connectivity index (χ0v) is 14.5. The molecule has 1 fully saturated rings. The third-order valence-corrected chi connectivity index (χ3v) is 4.42. The molecule has 0 bridgehead atoms. The van der Waals surface area contributed by atoms with Crippen LogP contribution in [0.25, 0.3) is 0 Å². The van der Waals surface area contributed by atoms with Crippen LogP contribution in [0.15, 0.2) is 24.3 Å². The Bertz CT molecular complexity index is 572. The number of anilines is 1. The summed E-state index contributed by atoms with van der Waals surface area (Å²) in [5.74, 6) is 0.499. The molecule has 1 aromatic carbocycles. The van der Waals surface area contributed by atoms with Crippen molar-refractivity contribution in [3.8, 4) is 5.75 Å². The maximum absolute atomic E-state index is 12.2. The molecule has 2 rings (SSSR count). The lowest BCUT2D eigenvalue weighted by molar-refractivity contribution is -0.133. The van der Waals surface area contributed by atoms with E-state index < -0.39 is 0 Å². The number of likely N-dealkylation sites (N-methyl/N-ethyl adjacent to an activating group) is 1. The molecule has 0 heterocycles. The highest BCUT2D eigenvalue weighted by atomic mass is 16.5. The second-order valence-electron chi connectivity index (χ2n) is 6.14. The van der Waals surface area contributed by atoms with Gasteiger partial charge in [-0.2, -0.15) is 0 Å². The van der Waals surface area contributed by atoms with Crippen molar-refractivity contribution in [1.29, 1.82) is 0 Å². The number of amides is 2. The minimum atomic E-state index is -0.0469. The lowest BCUT2D eigenvalue weighted by Crippen LogP contribution is -2.34. The van der Waals surface area contributed by atoms with E-state index in [1.807, 2.05) is 19.9 Å². The lowest BCUT2D eigenvalue weighted by Gasteiger charge is -2.18. The molecule has 6 heteroatoms. The van der Waals surface area contributed by atoms with Crippen molar-refractivity contribution in [2.75, 3.05) is 25.0 Å². The molecule has 0 spiro atoms. The van der Waals surface area contributed by atoms with Crippen LogP contribution >= 0.6 is 0 Å². The van der Waals surface area contributed by atoms with Gasteiger partial charge in [-0.25, -0.2) is 0 Å². The molecule has 6 nitrogen and oxygen atoms in total. The summed E-state index contributed by atoms with van der Waals surface area (Å²) in [5.41, 5.74) is 6.53. The summed E-state index contributed by atoms with van der Waals surface area (Å²) in [4.78, 5) is 25.9. The molecule has 1 aliphatic rings. The fourth-order valence-electron chi connectivity index (χ4n) is 2.98. The Morgan fingerprint density at radius 2 is 2.04 bits per heavy atom. The van der Waals surface area contributed by atoms with Crippen molar-refractivity contribution < 1.29 is 14.3 Å². The maximum atomic E-state index is 12.2. The van der Waals surface area contributed by atoms with E-state index in [4.69, 9.17) is 10.5 Å². The van der Waals surface area contributed by atoms with Gasteiger partial charge < -0.3 is 20.7 Å². The highest BCUT2D eigenvalue weighted by molar-refractivity contribution is 5.93. The van der Waals surface area contributed by atoms with Crippen LogP contribution in [0.4, 0.5) is 5.69 Å². The molecule has 1 aromatic rings. The third-order valence-electron chi connectivity index (χ3n) is 4.42. The smallest absolute Gasteiger partial charge is 0.260 e. The van der Waals surface area contributed by atoms with Gasteiger partial charge in [-0.1, -0.05) is 6.07 Å². The molecule has 2 atom stereocenters. The Hall–Kier alpha value is -2.08. The van der Waals surface area contributed by atoms with E-state index in [0.29, 0.717) is 24.5 Å². The average Bonchev–Trinajstić information content (AvgIpc) is 3.01. The zero-order chi connectivity index (χ0) is 17.5. The predicted molar refractivity (Wildman–Crippen MR) is 93.8 cm³/mol. The Morgan fingerprint density at radius 3 is 2.67 bits per heavy atom. The van der Waals surface area contributed by atoms with E-state index in [1.54, 1.807) is 23.1 Å². The summed E-state index contributed by atoms with van der Waals surface area (Å²) in [6.45, 7) is 5.20. The Kier molecular flexibility index (Phi) is 6.61. The molecule has 0 aromatic heterocycles. The number of hydrogen-bond donors (Lipinski definition) is 2. The highest BCUT2D eigenvalue weighted by Crippen LogP contribution is 2.26. The molecule has 2 amide bonds. The van der Waals surface area contributed by atoms with Gasteiger partial charge in [0.2, 0.25) is 5.91 Å². The fraction of sp³-hybridized carbons (Fsp3) is 0.556. The molecule has 0 aliphatic heterocycles. The van der Waals surface area contributed by atoms with Crippen molar-refractivity contribution in [3.05, 3.63) is 24.3 Å². The maximum Gasteiger partial charge on any atom is 0.260 e. The van der Waals surface area contributed by atoms with Gasteiger partial charge in [0.25, 0.3) is 5.91 Å². The van der Waals surface area contributed by atoms with Gasteiger partial charge in [0.1, 0.15) is 5.75 Å². The third kappa shape index (κ3) is 4.96. The molecule has 0 radical (unpaired) electrons. The van der Waals surface area contributed by atoms with Crippen LogP contribution in [-0.2, 0) is 9.59 Å². The number of ether oxygens (including phenoxy) is 1. The largest absolute Gasteiger partial charge is 0.484 e. The molecule has 24 heavy (non-hydrogen) atoms. The molecule has 1 saturated carbocycles. The Morgan fingerprint density at radius 1 is 1.29 bits per heavy atom. The Labute approximate surface area is 143 Å². The first-order chi connectivity index (χ1) is 11.5. The first kappa shape index (κ1) is 18.3.